The lowest BCUT2D eigenvalue weighted by molar-refractivity contribution is 0.841. The van der Waals surface area contributed by atoms with Gasteiger partial charge in [-0.15, -0.1) is 5.10 Å². The molecule has 0 aliphatic heterocycles. The van der Waals surface area contributed by atoms with Crippen LogP contribution in [0.1, 0.15) is 0 Å². The van der Waals surface area contributed by atoms with Crippen molar-refractivity contribution in [3.63, 3.8) is 0 Å². The van der Waals surface area contributed by atoms with Gasteiger partial charge in [-0.05, 0) is 12.2 Å². The lowest BCUT2D eigenvalue weighted by atomic mass is 10.6. The maximum atomic E-state index is 11.4. The molecule has 7 heteroatoms. The second-order valence-electron chi connectivity index (χ2n) is 2.56. The molecule has 0 radical (unpaired) electrons. The Morgan fingerprint density at radius 1 is 1.69 bits per heavy atom. The third kappa shape index (κ3) is 1.10. The molecule has 0 aliphatic carbocycles. The highest BCUT2D eigenvalue weighted by Gasteiger charge is 2.07. The minimum Gasteiger partial charge on any atom is -0.312 e. The van der Waals surface area contributed by atoms with Crippen molar-refractivity contribution in [2.24, 2.45) is 7.05 Å². The zero-order valence-electron chi connectivity index (χ0n) is 6.61. The number of aromatic amines is 1. The normalized spacial score (nSPS) is 10.9. The van der Waals surface area contributed by atoms with E-state index >= 15 is 0 Å². The molecule has 0 saturated heterocycles. The van der Waals surface area contributed by atoms with Crippen LogP contribution in [0.5, 0.6) is 0 Å². The Hall–Kier alpha value is -1.14. The number of nitrogens with one attached hydrogen (secondary N) is 1. The summed E-state index contributed by atoms with van der Waals surface area (Å²) < 4.78 is 3.06. The Morgan fingerprint density at radius 3 is 3.08 bits per heavy atom. The standard InChI is InChI=1S/C6H5ClN4OS/c1-10-2-3(7)11-4(5(10)12)8-9-6(11)13/h2H,1H3,(H,9,13). The van der Waals surface area contributed by atoms with Gasteiger partial charge in [0.1, 0.15) is 5.15 Å². The van der Waals surface area contributed by atoms with Crippen LogP contribution in [-0.2, 0) is 7.05 Å². The van der Waals surface area contributed by atoms with Gasteiger partial charge in [-0.25, -0.2) is 0 Å². The summed E-state index contributed by atoms with van der Waals surface area (Å²) >= 11 is 10.7. The molecule has 0 bridgehead atoms. The van der Waals surface area contributed by atoms with Gasteiger partial charge in [0.25, 0.3) is 5.56 Å². The number of rotatable bonds is 0. The van der Waals surface area contributed by atoms with Gasteiger partial charge in [-0.3, -0.25) is 14.3 Å². The Kier molecular flexibility index (Phi) is 1.74. The topological polar surface area (TPSA) is 55.1 Å². The van der Waals surface area contributed by atoms with Crippen LogP contribution in [-0.4, -0.2) is 19.2 Å². The van der Waals surface area contributed by atoms with Gasteiger partial charge in [0.05, 0.1) is 0 Å². The number of hydrogen-bond donors (Lipinski definition) is 1. The van der Waals surface area contributed by atoms with E-state index < -0.39 is 0 Å². The highest BCUT2D eigenvalue weighted by molar-refractivity contribution is 7.71. The van der Waals surface area contributed by atoms with Crippen LogP contribution in [0.25, 0.3) is 5.65 Å². The SMILES string of the molecule is Cn1cc(Cl)n2c(=S)[nH]nc2c1=O. The van der Waals surface area contributed by atoms with Crippen molar-refractivity contribution >= 4 is 29.5 Å². The predicted molar refractivity (Wildman–Crippen MR) is 50.6 cm³/mol. The van der Waals surface area contributed by atoms with Crippen LogP contribution in [0.2, 0.25) is 5.15 Å². The Balaban J connectivity index is 3.18. The Morgan fingerprint density at radius 2 is 2.38 bits per heavy atom. The first-order valence-electron chi connectivity index (χ1n) is 3.43. The second kappa shape index (κ2) is 2.68. The molecule has 0 amide bonds. The zero-order valence-corrected chi connectivity index (χ0v) is 8.19. The first-order valence-corrected chi connectivity index (χ1v) is 4.22. The Bertz CT molecular complexity index is 580. The van der Waals surface area contributed by atoms with Crippen LogP contribution >= 0.6 is 23.8 Å². The largest absolute Gasteiger partial charge is 0.312 e. The summed E-state index contributed by atoms with van der Waals surface area (Å²) in [6.45, 7) is 0. The van der Waals surface area contributed by atoms with Crippen LogP contribution in [0, 0.1) is 4.77 Å². The van der Waals surface area contributed by atoms with Gasteiger partial charge in [0, 0.05) is 13.2 Å². The van der Waals surface area contributed by atoms with Crippen molar-refractivity contribution in [1.82, 2.24) is 19.2 Å². The first kappa shape index (κ1) is 8.46. The second-order valence-corrected chi connectivity index (χ2v) is 3.33. The van der Waals surface area contributed by atoms with E-state index in [0.29, 0.717) is 9.92 Å². The summed E-state index contributed by atoms with van der Waals surface area (Å²) in [6, 6.07) is 0. The quantitative estimate of drug-likeness (QED) is 0.661. The van der Waals surface area contributed by atoms with E-state index in [1.54, 1.807) is 7.05 Å². The van der Waals surface area contributed by atoms with E-state index in [-0.39, 0.29) is 11.2 Å². The fraction of sp³-hybridized carbons (Fsp3) is 0.167. The molecule has 68 valence electrons. The number of H-pyrrole nitrogens is 1. The fourth-order valence-corrected chi connectivity index (χ4v) is 1.66. The minimum absolute atomic E-state index is 0.208. The van der Waals surface area contributed by atoms with Crippen molar-refractivity contribution in [3.8, 4) is 0 Å². The molecule has 2 heterocycles. The number of fused-ring (bicyclic) bond motifs is 1. The molecule has 0 fully saturated rings. The van der Waals surface area contributed by atoms with Crippen molar-refractivity contribution in [2.45, 2.75) is 0 Å². The maximum absolute atomic E-state index is 11.4. The van der Waals surface area contributed by atoms with Gasteiger partial charge >= 0.3 is 0 Å². The van der Waals surface area contributed by atoms with E-state index in [0.717, 1.165) is 0 Å². The first-order chi connectivity index (χ1) is 6.11. The number of nitrogens with zero attached hydrogens (tertiary/aromatic N) is 3. The lowest BCUT2D eigenvalue weighted by Gasteiger charge is -1.99. The maximum Gasteiger partial charge on any atom is 0.295 e. The van der Waals surface area contributed by atoms with Crippen LogP contribution in [0.4, 0.5) is 0 Å². The molecule has 13 heavy (non-hydrogen) atoms. The monoisotopic (exact) mass is 216 g/mol. The highest BCUT2D eigenvalue weighted by Crippen LogP contribution is 2.07. The summed E-state index contributed by atoms with van der Waals surface area (Å²) in [6.07, 6.45) is 1.49. The van der Waals surface area contributed by atoms with Crippen LogP contribution in [0.15, 0.2) is 11.0 Å². The summed E-state index contributed by atoms with van der Waals surface area (Å²) in [5, 5.41) is 6.63. The molecule has 2 aromatic rings. The summed E-state index contributed by atoms with van der Waals surface area (Å²) in [7, 11) is 1.60. The third-order valence-electron chi connectivity index (χ3n) is 1.70. The molecule has 0 atom stereocenters. The van der Waals surface area contributed by atoms with E-state index in [9.17, 15) is 4.79 Å². The molecular formula is C6H5ClN4OS. The van der Waals surface area contributed by atoms with Gasteiger partial charge < -0.3 is 4.57 Å². The zero-order chi connectivity index (χ0) is 9.59. The van der Waals surface area contributed by atoms with Gasteiger partial charge in [0.15, 0.2) is 0 Å². The lowest BCUT2D eigenvalue weighted by Crippen LogP contribution is -2.19. The predicted octanol–water partition coefficient (Wildman–Crippen LogP) is 0.744. The number of hydrogen-bond acceptors (Lipinski definition) is 3. The van der Waals surface area contributed by atoms with Crippen molar-refractivity contribution < 1.29 is 0 Å². The molecule has 5 nitrogen and oxygen atoms in total. The molecule has 1 N–H and O–H groups in total. The van der Waals surface area contributed by atoms with E-state index in [2.05, 4.69) is 10.2 Å². The molecule has 0 spiro atoms. The Labute approximate surface area is 82.6 Å². The molecule has 0 saturated carbocycles. The average molecular weight is 217 g/mol. The summed E-state index contributed by atoms with van der Waals surface area (Å²) in [4.78, 5) is 11.4. The van der Waals surface area contributed by atoms with Crippen molar-refractivity contribution in [2.75, 3.05) is 0 Å². The molecular weight excluding hydrogens is 212 g/mol. The highest BCUT2D eigenvalue weighted by atomic mass is 35.5. The molecule has 2 rings (SSSR count). The van der Waals surface area contributed by atoms with Gasteiger partial charge in [-0.1, -0.05) is 11.6 Å². The molecule has 2 aromatic heterocycles. The van der Waals surface area contributed by atoms with E-state index in [4.69, 9.17) is 23.8 Å². The molecule has 0 aliphatic rings. The van der Waals surface area contributed by atoms with Gasteiger partial charge in [-0.2, -0.15) is 0 Å². The minimum atomic E-state index is -0.239. The number of aryl methyl sites for hydroxylation is 1. The number of aromatic nitrogens is 4. The van der Waals surface area contributed by atoms with Gasteiger partial charge in [0.2, 0.25) is 10.4 Å². The van der Waals surface area contributed by atoms with Crippen LogP contribution < -0.4 is 5.56 Å². The molecule has 0 unspecified atom stereocenters. The van der Waals surface area contributed by atoms with Crippen LogP contribution in [0.3, 0.4) is 0 Å². The summed E-state index contributed by atoms with van der Waals surface area (Å²) in [5.41, 5.74) is -0.0308. The smallest absolute Gasteiger partial charge is 0.295 e. The molecule has 0 aromatic carbocycles. The van der Waals surface area contributed by atoms with E-state index in [1.165, 1.54) is 15.2 Å². The van der Waals surface area contributed by atoms with Crippen molar-refractivity contribution in [3.05, 3.63) is 26.5 Å². The van der Waals surface area contributed by atoms with E-state index in [1.807, 2.05) is 0 Å². The van der Waals surface area contributed by atoms with Crippen molar-refractivity contribution in [1.29, 1.82) is 0 Å². The third-order valence-corrected chi connectivity index (χ3v) is 2.24. The average Bonchev–Trinajstić information content (AvgIpc) is 2.44. The summed E-state index contributed by atoms with van der Waals surface area (Å²) in [5.74, 6) is 0. The fourth-order valence-electron chi connectivity index (χ4n) is 1.07. The number of halogens is 1.